The second-order valence-electron chi connectivity index (χ2n) is 5.49. The average Bonchev–Trinajstić information content (AvgIpc) is 2.49. The molecule has 20 heavy (non-hydrogen) atoms. The Morgan fingerprint density at radius 2 is 1.95 bits per heavy atom. The fraction of sp³-hybridized carbons (Fsp3) is 0.625. The number of hydrogen-bond donors (Lipinski definition) is 1. The summed E-state index contributed by atoms with van der Waals surface area (Å²) in [4.78, 5) is 4.99. The van der Waals surface area contributed by atoms with Crippen LogP contribution < -0.4 is 5.73 Å². The van der Waals surface area contributed by atoms with Gasteiger partial charge in [0.25, 0.3) is 0 Å². The van der Waals surface area contributed by atoms with E-state index in [9.17, 15) is 4.39 Å². The van der Waals surface area contributed by atoms with Gasteiger partial charge in [-0.2, -0.15) is 0 Å². The normalized spacial score (nSPS) is 22.9. The van der Waals surface area contributed by atoms with E-state index in [1.54, 1.807) is 0 Å². The third-order valence-electron chi connectivity index (χ3n) is 4.43. The van der Waals surface area contributed by atoms with Crippen molar-refractivity contribution in [3.8, 4) is 0 Å². The molecule has 1 aliphatic heterocycles. The van der Waals surface area contributed by atoms with E-state index in [1.807, 2.05) is 12.1 Å². The molecule has 112 valence electrons. The molecule has 0 aliphatic carbocycles. The zero-order valence-corrected chi connectivity index (χ0v) is 12.6. The first-order valence-electron chi connectivity index (χ1n) is 7.63. The second kappa shape index (κ2) is 7.16. The van der Waals surface area contributed by atoms with Crippen LogP contribution in [0, 0.1) is 5.82 Å². The lowest BCUT2D eigenvalue weighted by atomic mass is 10.0. The molecule has 1 aliphatic rings. The number of nitrogens with zero attached hydrogens (tertiary/aromatic N) is 2. The Hall–Kier alpha value is -0.970. The minimum absolute atomic E-state index is 0.188. The van der Waals surface area contributed by atoms with Crippen molar-refractivity contribution < 1.29 is 4.39 Å². The van der Waals surface area contributed by atoms with Crippen molar-refractivity contribution in [2.45, 2.75) is 32.4 Å². The Morgan fingerprint density at radius 1 is 1.25 bits per heavy atom. The summed E-state index contributed by atoms with van der Waals surface area (Å²) in [6, 6.07) is 7.57. The first-order valence-corrected chi connectivity index (χ1v) is 7.63. The number of benzene rings is 1. The predicted molar refractivity (Wildman–Crippen MR) is 81.1 cm³/mol. The smallest absolute Gasteiger partial charge is 0.123 e. The molecule has 4 heteroatoms. The monoisotopic (exact) mass is 279 g/mol. The number of rotatable bonds is 5. The summed E-state index contributed by atoms with van der Waals surface area (Å²) >= 11 is 0. The summed E-state index contributed by atoms with van der Waals surface area (Å²) in [6.45, 7) is 9.31. The van der Waals surface area contributed by atoms with Crippen molar-refractivity contribution in [2.75, 3.05) is 32.7 Å². The molecule has 2 atom stereocenters. The lowest BCUT2D eigenvalue weighted by molar-refractivity contribution is 0.0509. The maximum absolute atomic E-state index is 13.1. The summed E-state index contributed by atoms with van der Waals surface area (Å²) < 4.78 is 13.1. The highest BCUT2D eigenvalue weighted by Gasteiger charge is 2.29. The number of halogens is 1. The van der Waals surface area contributed by atoms with Crippen LogP contribution >= 0.6 is 0 Å². The highest BCUT2D eigenvalue weighted by Crippen LogP contribution is 2.24. The zero-order valence-electron chi connectivity index (χ0n) is 12.6. The van der Waals surface area contributed by atoms with Crippen LogP contribution in [-0.2, 0) is 0 Å². The van der Waals surface area contributed by atoms with Gasteiger partial charge in [-0.3, -0.25) is 9.80 Å². The zero-order chi connectivity index (χ0) is 14.5. The molecule has 0 aromatic heterocycles. The standard InChI is InChI=1S/C16H26FN3/c1-3-15-12-20(10-9-19(15)4-2)16(11-18)13-5-7-14(17)8-6-13/h5-8,15-16H,3-4,9-12,18H2,1-2H3. The van der Waals surface area contributed by atoms with Gasteiger partial charge in [-0.1, -0.05) is 26.0 Å². The highest BCUT2D eigenvalue weighted by atomic mass is 19.1. The van der Waals surface area contributed by atoms with E-state index in [2.05, 4.69) is 23.6 Å². The topological polar surface area (TPSA) is 32.5 Å². The molecule has 2 rings (SSSR count). The van der Waals surface area contributed by atoms with Crippen LogP contribution in [0.1, 0.15) is 31.9 Å². The van der Waals surface area contributed by atoms with E-state index in [0.717, 1.165) is 38.2 Å². The Balaban J connectivity index is 2.10. The van der Waals surface area contributed by atoms with E-state index in [4.69, 9.17) is 5.73 Å². The minimum atomic E-state index is -0.188. The molecule has 1 fully saturated rings. The minimum Gasteiger partial charge on any atom is -0.329 e. The molecular weight excluding hydrogens is 253 g/mol. The molecule has 2 unspecified atom stereocenters. The summed E-state index contributed by atoms with van der Waals surface area (Å²) in [6.07, 6.45) is 1.16. The third kappa shape index (κ3) is 3.37. The van der Waals surface area contributed by atoms with Crippen LogP contribution in [0.2, 0.25) is 0 Å². The lowest BCUT2D eigenvalue weighted by Gasteiger charge is -2.44. The molecule has 1 aromatic rings. The molecule has 1 heterocycles. The van der Waals surface area contributed by atoms with Gasteiger partial charge >= 0.3 is 0 Å². The van der Waals surface area contributed by atoms with Crippen LogP contribution in [0.15, 0.2) is 24.3 Å². The van der Waals surface area contributed by atoms with Crippen molar-refractivity contribution in [1.29, 1.82) is 0 Å². The SMILES string of the molecule is CCC1CN(C(CN)c2ccc(F)cc2)CCN1CC. The molecule has 0 spiro atoms. The third-order valence-corrected chi connectivity index (χ3v) is 4.43. The van der Waals surface area contributed by atoms with E-state index in [-0.39, 0.29) is 11.9 Å². The van der Waals surface area contributed by atoms with Gasteiger partial charge in [0.05, 0.1) is 0 Å². The van der Waals surface area contributed by atoms with Crippen LogP contribution in [0.5, 0.6) is 0 Å². The van der Waals surface area contributed by atoms with Crippen LogP contribution in [0.4, 0.5) is 4.39 Å². The molecule has 2 N–H and O–H groups in total. The Labute approximate surface area is 121 Å². The van der Waals surface area contributed by atoms with Gasteiger partial charge < -0.3 is 5.73 Å². The maximum Gasteiger partial charge on any atom is 0.123 e. The largest absolute Gasteiger partial charge is 0.329 e. The molecular formula is C16H26FN3. The first kappa shape index (κ1) is 15.4. The van der Waals surface area contributed by atoms with Crippen molar-refractivity contribution in [3.05, 3.63) is 35.6 Å². The van der Waals surface area contributed by atoms with Crippen molar-refractivity contribution in [1.82, 2.24) is 9.80 Å². The summed E-state index contributed by atoms with van der Waals surface area (Å²) in [5.74, 6) is -0.188. The predicted octanol–water partition coefficient (Wildman–Crippen LogP) is 2.24. The highest BCUT2D eigenvalue weighted by molar-refractivity contribution is 5.20. The second-order valence-corrected chi connectivity index (χ2v) is 5.49. The van der Waals surface area contributed by atoms with Crippen LogP contribution in [0.3, 0.4) is 0 Å². The molecule has 0 amide bonds. The van der Waals surface area contributed by atoms with Crippen molar-refractivity contribution in [2.24, 2.45) is 5.73 Å². The molecule has 1 aromatic carbocycles. The summed E-state index contributed by atoms with van der Waals surface area (Å²) in [5, 5.41) is 0. The lowest BCUT2D eigenvalue weighted by Crippen LogP contribution is -2.54. The Morgan fingerprint density at radius 3 is 2.50 bits per heavy atom. The van der Waals surface area contributed by atoms with Gasteiger partial charge in [0.15, 0.2) is 0 Å². The van der Waals surface area contributed by atoms with Crippen LogP contribution in [0.25, 0.3) is 0 Å². The van der Waals surface area contributed by atoms with Gasteiger partial charge in [-0.05, 0) is 30.7 Å². The average molecular weight is 279 g/mol. The Kier molecular flexibility index (Phi) is 5.52. The summed E-state index contributed by atoms with van der Waals surface area (Å²) in [7, 11) is 0. The van der Waals surface area contributed by atoms with E-state index >= 15 is 0 Å². The quantitative estimate of drug-likeness (QED) is 0.897. The first-order chi connectivity index (χ1) is 9.69. The number of piperazine rings is 1. The fourth-order valence-corrected chi connectivity index (χ4v) is 3.18. The summed E-state index contributed by atoms with van der Waals surface area (Å²) in [5.41, 5.74) is 7.10. The number of likely N-dealkylation sites (N-methyl/N-ethyl adjacent to an activating group) is 1. The molecule has 1 saturated heterocycles. The fourth-order valence-electron chi connectivity index (χ4n) is 3.18. The van der Waals surface area contributed by atoms with E-state index < -0.39 is 0 Å². The van der Waals surface area contributed by atoms with Gasteiger partial charge in [-0.25, -0.2) is 4.39 Å². The van der Waals surface area contributed by atoms with E-state index in [0.29, 0.717) is 12.6 Å². The molecule has 0 bridgehead atoms. The van der Waals surface area contributed by atoms with Crippen molar-refractivity contribution in [3.63, 3.8) is 0 Å². The molecule has 0 saturated carbocycles. The van der Waals surface area contributed by atoms with E-state index in [1.165, 1.54) is 12.1 Å². The van der Waals surface area contributed by atoms with Gasteiger partial charge in [0.2, 0.25) is 0 Å². The molecule has 3 nitrogen and oxygen atoms in total. The van der Waals surface area contributed by atoms with Gasteiger partial charge in [0, 0.05) is 38.3 Å². The van der Waals surface area contributed by atoms with Crippen LogP contribution in [-0.4, -0.2) is 48.6 Å². The maximum atomic E-state index is 13.1. The molecule has 0 radical (unpaired) electrons. The number of hydrogen-bond acceptors (Lipinski definition) is 3. The van der Waals surface area contributed by atoms with Gasteiger partial charge in [0.1, 0.15) is 5.82 Å². The van der Waals surface area contributed by atoms with Gasteiger partial charge in [-0.15, -0.1) is 0 Å². The number of nitrogens with two attached hydrogens (primary N) is 1. The van der Waals surface area contributed by atoms with Crippen molar-refractivity contribution >= 4 is 0 Å². The Bertz CT molecular complexity index is 407.